The second kappa shape index (κ2) is 5.80. The zero-order chi connectivity index (χ0) is 15.6. The Morgan fingerprint density at radius 1 is 1.00 bits per heavy atom. The number of H-pyrrole nitrogens is 1. The van der Waals surface area contributed by atoms with E-state index in [-0.39, 0.29) is 10.8 Å². The lowest BCUT2D eigenvalue weighted by atomic mass is 9.91. The van der Waals surface area contributed by atoms with Gasteiger partial charge in [-0.05, 0) is 19.9 Å². The van der Waals surface area contributed by atoms with E-state index < -0.39 is 0 Å². The van der Waals surface area contributed by atoms with Crippen molar-refractivity contribution in [3.8, 4) is 11.5 Å². The lowest BCUT2D eigenvalue weighted by Crippen LogP contribution is -2.17. The Morgan fingerprint density at radius 2 is 1.57 bits per heavy atom. The molecule has 2 rings (SSSR count). The quantitative estimate of drug-likeness (QED) is 0.935. The number of hydrogen-bond donors (Lipinski definition) is 1. The van der Waals surface area contributed by atoms with Gasteiger partial charge in [-0.25, -0.2) is 0 Å². The molecule has 0 radical (unpaired) electrons. The van der Waals surface area contributed by atoms with Crippen LogP contribution in [0.15, 0.2) is 23.0 Å². The summed E-state index contributed by atoms with van der Waals surface area (Å²) in [5, 5.41) is 0.620. The molecule has 1 heterocycles. The highest BCUT2D eigenvalue weighted by atomic mass is 16.5. The van der Waals surface area contributed by atoms with Crippen LogP contribution in [-0.2, 0) is 5.41 Å². The van der Waals surface area contributed by atoms with Crippen LogP contribution in [0.3, 0.4) is 0 Å². The fraction of sp³-hybridized carbons (Fsp3) is 0.471. The largest absolute Gasteiger partial charge is 0.490 e. The number of ether oxygens (including phenoxy) is 2. The number of rotatable bonds is 4. The van der Waals surface area contributed by atoms with E-state index >= 15 is 0 Å². The molecule has 0 saturated heterocycles. The Kier molecular flexibility index (Phi) is 4.26. The van der Waals surface area contributed by atoms with Crippen molar-refractivity contribution in [3.63, 3.8) is 0 Å². The van der Waals surface area contributed by atoms with Crippen LogP contribution >= 0.6 is 0 Å². The van der Waals surface area contributed by atoms with E-state index in [9.17, 15) is 4.79 Å². The third-order valence-corrected chi connectivity index (χ3v) is 3.30. The number of nitrogens with one attached hydrogen (secondary N) is 1. The van der Waals surface area contributed by atoms with Gasteiger partial charge in [0.25, 0.3) is 0 Å². The van der Waals surface area contributed by atoms with Crippen LogP contribution in [0.25, 0.3) is 10.9 Å². The van der Waals surface area contributed by atoms with E-state index in [2.05, 4.69) is 25.8 Å². The number of benzene rings is 1. The van der Waals surface area contributed by atoms with E-state index in [1.54, 1.807) is 12.1 Å². The fourth-order valence-corrected chi connectivity index (χ4v) is 2.20. The summed E-state index contributed by atoms with van der Waals surface area (Å²) in [5.74, 6) is 1.27. The van der Waals surface area contributed by atoms with Gasteiger partial charge < -0.3 is 14.5 Å². The van der Waals surface area contributed by atoms with E-state index in [4.69, 9.17) is 9.47 Å². The number of hydrogen-bond acceptors (Lipinski definition) is 3. The molecule has 1 aromatic carbocycles. The number of fused-ring (bicyclic) bond motifs is 1. The smallest absolute Gasteiger partial charge is 0.189 e. The van der Waals surface area contributed by atoms with Crippen molar-refractivity contribution < 1.29 is 9.47 Å². The molecule has 1 N–H and O–H groups in total. The zero-order valence-electron chi connectivity index (χ0n) is 13.4. The molecule has 21 heavy (non-hydrogen) atoms. The maximum Gasteiger partial charge on any atom is 0.189 e. The van der Waals surface area contributed by atoms with Crippen molar-refractivity contribution >= 4 is 10.9 Å². The molecule has 0 fully saturated rings. The summed E-state index contributed by atoms with van der Waals surface area (Å²) >= 11 is 0. The second-order valence-electron chi connectivity index (χ2n) is 6.01. The van der Waals surface area contributed by atoms with Gasteiger partial charge in [-0.3, -0.25) is 4.79 Å². The lowest BCUT2D eigenvalue weighted by Gasteiger charge is -2.19. The maximum absolute atomic E-state index is 12.4. The van der Waals surface area contributed by atoms with Gasteiger partial charge in [0.05, 0.1) is 18.7 Å². The van der Waals surface area contributed by atoms with Crippen molar-refractivity contribution in [2.45, 2.75) is 40.0 Å². The predicted molar refractivity (Wildman–Crippen MR) is 85.6 cm³/mol. The van der Waals surface area contributed by atoms with Crippen LogP contribution in [0, 0.1) is 0 Å². The fourth-order valence-electron chi connectivity index (χ4n) is 2.20. The summed E-state index contributed by atoms with van der Waals surface area (Å²) in [7, 11) is 0. The molecule has 0 atom stereocenters. The Morgan fingerprint density at radius 3 is 2.10 bits per heavy atom. The molecule has 2 aromatic rings. The van der Waals surface area contributed by atoms with Gasteiger partial charge in [0.2, 0.25) is 0 Å². The minimum atomic E-state index is -0.113. The average Bonchev–Trinajstić information content (AvgIpc) is 2.39. The minimum absolute atomic E-state index is 0.00215. The minimum Gasteiger partial charge on any atom is -0.490 e. The van der Waals surface area contributed by atoms with Crippen LogP contribution in [0.1, 0.15) is 40.3 Å². The SMILES string of the molecule is CCOc1cc2[nH]c(C(C)(C)C)cc(=O)c2cc1OCC. The first kappa shape index (κ1) is 15.4. The second-order valence-corrected chi connectivity index (χ2v) is 6.01. The molecule has 4 nitrogen and oxygen atoms in total. The third kappa shape index (κ3) is 3.20. The van der Waals surface area contributed by atoms with Crippen LogP contribution in [0.5, 0.6) is 11.5 Å². The highest BCUT2D eigenvalue weighted by molar-refractivity contribution is 5.82. The maximum atomic E-state index is 12.4. The van der Waals surface area contributed by atoms with Gasteiger partial charge in [0.1, 0.15) is 0 Å². The topological polar surface area (TPSA) is 51.3 Å². The molecule has 0 aliphatic heterocycles. The first-order chi connectivity index (χ1) is 9.86. The highest BCUT2D eigenvalue weighted by Gasteiger charge is 2.17. The van der Waals surface area contributed by atoms with Crippen molar-refractivity contribution in [2.24, 2.45) is 0 Å². The van der Waals surface area contributed by atoms with Crippen molar-refractivity contribution in [2.75, 3.05) is 13.2 Å². The Hall–Kier alpha value is -1.97. The Bertz CT molecular complexity index is 695. The summed E-state index contributed by atoms with van der Waals surface area (Å²) in [6.45, 7) is 11.1. The van der Waals surface area contributed by atoms with Crippen LogP contribution in [-0.4, -0.2) is 18.2 Å². The molecule has 0 unspecified atom stereocenters. The molecule has 0 spiro atoms. The van der Waals surface area contributed by atoms with Crippen molar-refractivity contribution in [3.05, 3.63) is 34.1 Å². The van der Waals surface area contributed by atoms with Gasteiger partial charge in [0, 0.05) is 28.6 Å². The Labute approximate surface area is 125 Å². The third-order valence-electron chi connectivity index (χ3n) is 3.30. The summed E-state index contributed by atoms with van der Waals surface area (Å²) in [4.78, 5) is 15.7. The van der Waals surface area contributed by atoms with Gasteiger partial charge in [-0.15, -0.1) is 0 Å². The summed E-state index contributed by atoms with van der Waals surface area (Å²) in [5.41, 5.74) is 1.57. The number of pyridine rings is 1. The lowest BCUT2D eigenvalue weighted by molar-refractivity contribution is 0.288. The number of aromatic amines is 1. The van der Waals surface area contributed by atoms with Crippen LogP contribution < -0.4 is 14.9 Å². The van der Waals surface area contributed by atoms with Gasteiger partial charge in [-0.2, -0.15) is 0 Å². The van der Waals surface area contributed by atoms with Crippen LogP contribution in [0.2, 0.25) is 0 Å². The van der Waals surface area contributed by atoms with E-state index in [0.717, 1.165) is 11.2 Å². The summed E-state index contributed by atoms with van der Waals surface area (Å²) < 4.78 is 11.2. The molecule has 4 heteroatoms. The monoisotopic (exact) mass is 289 g/mol. The summed E-state index contributed by atoms with van der Waals surface area (Å²) in [6.07, 6.45) is 0. The molecule has 1 aromatic heterocycles. The average molecular weight is 289 g/mol. The molecule has 0 saturated carbocycles. The van der Waals surface area contributed by atoms with Crippen LogP contribution in [0.4, 0.5) is 0 Å². The first-order valence-corrected chi connectivity index (χ1v) is 7.34. The molecular weight excluding hydrogens is 266 g/mol. The molecule has 114 valence electrons. The predicted octanol–water partition coefficient (Wildman–Crippen LogP) is 3.62. The van der Waals surface area contributed by atoms with Crippen molar-refractivity contribution in [1.29, 1.82) is 0 Å². The zero-order valence-corrected chi connectivity index (χ0v) is 13.4. The molecule has 0 aliphatic carbocycles. The van der Waals surface area contributed by atoms with Gasteiger partial charge in [0.15, 0.2) is 16.9 Å². The van der Waals surface area contributed by atoms with E-state index in [0.29, 0.717) is 30.1 Å². The first-order valence-electron chi connectivity index (χ1n) is 7.34. The van der Waals surface area contributed by atoms with E-state index in [1.165, 1.54) is 0 Å². The number of aromatic nitrogens is 1. The van der Waals surface area contributed by atoms with E-state index in [1.807, 2.05) is 19.9 Å². The summed E-state index contributed by atoms with van der Waals surface area (Å²) in [6, 6.07) is 5.27. The molecule has 0 aliphatic rings. The molecule has 0 amide bonds. The molecular formula is C17H23NO3. The standard InChI is InChI=1S/C17H23NO3/c1-6-20-14-8-11-12(9-15(14)21-7-2)18-16(10-13(11)19)17(3,4)5/h8-10H,6-7H2,1-5H3,(H,18,19). The normalized spacial score (nSPS) is 11.7. The van der Waals surface area contributed by atoms with Crippen molar-refractivity contribution in [1.82, 2.24) is 4.98 Å². The molecule has 0 bridgehead atoms. The highest BCUT2D eigenvalue weighted by Crippen LogP contribution is 2.32. The van der Waals surface area contributed by atoms with Gasteiger partial charge >= 0.3 is 0 Å². The Balaban J connectivity index is 2.69. The van der Waals surface area contributed by atoms with Gasteiger partial charge in [-0.1, -0.05) is 20.8 Å².